The molecule has 20 heavy (non-hydrogen) atoms. The predicted molar refractivity (Wildman–Crippen MR) is 76.9 cm³/mol. The van der Waals surface area contributed by atoms with E-state index < -0.39 is 0 Å². The number of aromatic nitrogens is 1. The van der Waals surface area contributed by atoms with Gasteiger partial charge in [-0.2, -0.15) is 0 Å². The number of nitrogens with zero attached hydrogens (tertiary/aromatic N) is 2. The first-order valence-electron chi connectivity index (χ1n) is 6.98. The van der Waals surface area contributed by atoms with Crippen LogP contribution in [0.2, 0.25) is 0 Å². The summed E-state index contributed by atoms with van der Waals surface area (Å²) >= 11 is 0. The summed E-state index contributed by atoms with van der Waals surface area (Å²) in [4.78, 5) is 2.16. The minimum absolute atomic E-state index is 0.641. The largest absolute Gasteiger partial charge is 0.472 e. The molecule has 0 fully saturated rings. The van der Waals surface area contributed by atoms with Gasteiger partial charge in [0.25, 0.3) is 0 Å². The van der Waals surface area contributed by atoms with Crippen molar-refractivity contribution in [2.45, 2.75) is 33.5 Å². The number of nitrogens with one attached hydrogen (secondary N) is 1. The summed E-state index contributed by atoms with van der Waals surface area (Å²) in [5.41, 5.74) is 2.11. The Kier molecular flexibility index (Phi) is 5.38. The fourth-order valence-electron chi connectivity index (χ4n) is 2.02. The maximum atomic E-state index is 5.36. The normalized spacial score (nSPS) is 11.7. The maximum Gasteiger partial charge on any atom is 0.151 e. The molecule has 0 spiro atoms. The van der Waals surface area contributed by atoms with E-state index in [4.69, 9.17) is 8.94 Å². The quantitative estimate of drug-likeness (QED) is 0.804. The van der Waals surface area contributed by atoms with Crippen molar-refractivity contribution < 1.29 is 8.94 Å². The van der Waals surface area contributed by atoms with Gasteiger partial charge in [-0.1, -0.05) is 19.0 Å². The molecule has 2 aromatic rings. The summed E-state index contributed by atoms with van der Waals surface area (Å²) in [6.45, 7) is 7.69. The van der Waals surface area contributed by atoms with Crippen molar-refractivity contribution in [2.75, 3.05) is 13.6 Å². The van der Waals surface area contributed by atoms with Crippen LogP contribution < -0.4 is 5.32 Å². The summed E-state index contributed by atoms with van der Waals surface area (Å²) < 4.78 is 10.4. The van der Waals surface area contributed by atoms with Gasteiger partial charge in [0.2, 0.25) is 0 Å². The van der Waals surface area contributed by atoms with Crippen LogP contribution in [-0.2, 0) is 19.6 Å². The number of hydrogen-bond acceptors (Lipinski definition) is 5. The van der Waals surface area contributed by atoms with Crippen LogP contribution in [0.3, 0.4) is 0 Å². The van der Waals surface area contributed by atoms with E-state index in [1.165, 1.54) is 0 Å². The third-order valence-corrected chi connectivity index (χ3v) is 2.92. The Morgan fingerprint density at radius 2 is 2.20 bits per heavy atom. The summed E-state index contributed by atoms with van der Waals surface area (Å²) in [6, 6.07) is 3.98. The molecule has 5 heteroatoms. The molecule has 1 N–H and O–H groups in total. The highest BCUT2D eigenvalue weighted by Crippen LogP contribution is 2.10. The zero-order chi connectivity index (χ0) is 14.4. The van der Waals surface area contributed by atoms with Crippen LogP contribution in [0.15, 0.2) is 33.6 Å². The molecule has 0 amide bonds. The second-order valence-corrected chi connectivity index (χ2v) is 5.61. The van der Waals surface area contributed by atoms with Crippen LogP contribution in [0.4, 0.5) is 0 Å². The van der Waals surface area contributed by atoms with E-state index in [2.05, 4.69) is 29.2 Å². The van der Waals surface area contributed by atoms with Gasteiger partial charge in [-0.05, 0) is 25.6 Å². The topological polar surface area (TPSA) is 54.4 Å². The van der Waals surface area contributed by atoms with Crippen LogP contribution >= 0.6 is 0 Å². The van der Waals surface area contributed by atoms with E-state index >= 15 is 0 Å². The van der Waals surface area contributed by atoms with Gasteiger partial charge in [-0.25, -0.2) is 0 Å². The van der Waals surface area contributed by atoms with Crippen LogP contribution in [0.5, 0.6) is 0 Å². The molecule has 2 aromatic heterocycles. The molecule has 2 heterocycles. The molecule has 0 radical (unpaired) electrons. The molecule has 0 atom stereocenters. The van der Waals surface area contributed by atoms with E-state index in [1.807, 2.05) is 19.2 Å². The van der Waals surface area contributed by atoms with Crippen molar-refractivity contribution in [3.8, 4) is 0 Å². The molecule has 110 valence electrons. The molecule has 0 saturated carbocycles. The molecule has 0 saturated heterocycles. The summed E-state index contributed by atoms with van der Waals surface area (Å²) in [7, 11) is 2.05. The Hall–Kier alpha value is -1.59. The van der Waals surface area contributed by atoms with Gasteiger partial charge in [-0.3, -0.25) is 4.90 Å². The van der Waals surface area contributed by atoms with Crippen molar-refractivity contribution in [3.63, 3.8) is 0 Å². The lowest BCUT2D eigenvalue weighted by molar-refractivity contribution is 0.265. The van der Waals surface area contributed by atoms with Crippen molar-refractivity contribution in [1.29, 1.82) is 0 Å². The molecule has 0 unspecified atom stereocenters. The van der Waals surface area contributed by atoms with E-state index in [-0.39, 0.29) is 0 Å². The Morgan fingerprint density at radius 3 is 2.90 bits per heavy atom. The van der Waals surface area contributed by atoms with Crippen molar-refractivity contribution >= 4 is 0 Å². The minimum Gasteiger partial charge on any atom is -0.472 e. The zero-order valence-electron chi connectivity index (χ0n) is 12.4. The third-order valence-electron chi connectivity index (χ3n) is 2.92. The smallest absolute Gasteiger partial charge is 0.151 e. The Morgan fingerprint density at radius 1 is 1.35 bits per heavy atom. The summed E-state index contributed by atoms with van der Waals surface area (Å²) in [5, 5.41) is 7.44. The monoisotopic (exact) mass is 277 g/mol. The first kappa shape index (κ1) is 14.8. The summed E-state index contributed by atoms with van der Waals surface area (Å²) in [5.74, 6) is 1.53. The van der Waals surface area contributed by atoms with Crippen molar-refractivity contribution in [3.05, 3.63) is 41.7 Å². The fraction of sp³-hybridized carbons (Fsp3) is 0.533. The lowest BCUT2D eigenvalue weighted by Gasteiger charge is -2.12. The molecule has 0 aromatic carbocycles. The molecular weight excluding hydrogens is 254 g/mol. The number of furan rings is 1. The average molecular weight is 277 g/mol. The Balaban J connectivity index is 1.77. The lowest BCUT2D eigenvalue weighted by atomic mass is 10.2. The average Bonchev–Trinajstić information content (AvgIpc) is 3.01. The number of rotatable bonds is 8. The maximum absolute atomic E-state index is 5.36. The fourth-order valence-corrected chi connectivity index (χ4v) is 2.02. The molecule has 0 aliphatic carbocycles. The third kappa shape index (κ3) is 4.83. The van der Waals surface area contributed by atoms with Gasteiger partial charge in [0.05, 0.1) is 24.8 Å². The molecule has 0 aliphatic rings. The highest BCUT2D eigenvalue weighted by Gasteiger charge is 2.08. The highest BCUT2D eigenvalue weighted by molar-refractivity contribution is 5.07. The Bertz CT molecular complexity index is 491. The van der Waals surface area contributed by atoms with Gasteiger partial charge in [0.1, 0.15) is 0 Å². The second-order valence-electron chi connectivity index (χ2n) is 5.61. The van der Waals surface area contributed by atoms with Gasteiger partial charge in [0, 0.05) is 24.7 Å². The van der Waals surface area contributed by atoms with Crippen molar-refractivity contribution in [2.24, 2.45) is 5.92 Å². The van der Waals surface area contributed by atoms with Crippen molar-refractivity contribution in [1.82, 2.24) is 15.4 Å². The van der Waals surface area contributed by atoms with Crippen LogP contribution in [0.25, 0.3) is 0 Å². The second kappa shape index (κ2) is 7.26. The molecule has 0 aliphatic heterocycles. The number of hydrogen-bond donors (Lipinski definition) is 1. The summed E-state index contributed by atoms with van der Waals surface area (Å²) in [6.07, 6.45) is 3.45. The SMILES string of the molecule is CC(C)CNCc1cc(CN(C)Cc2ccoc2)on1. The zero-order valence-corrected chi connectivity index (χ0v) is 12.4. The highest BCUT2D eigenvalue weighted by atomic mass is 16.5. The van der Waals surface area contributed by atoms with Crippen LogP contribution in [0, 0.1) is 5.92 Å². The molecular formula is C15H23N3O2. The predicted octanol–water partition coefficient (Wildman–Crippen LogP) is 2.65. The molecule has 0 bridgehead atoms. The van der Waals surface area contributed by atoms with Crippen LogP contribution in [0.1, 0.15) is 30.9 Å². The first-order valence-corrected chi connectivity index (χ1v) is 6.98. The van der Waals surface area contributed by atoms with E-state index in [0.29, 0.717) is 5.92 Å². The molecule has 2 rings (SSSR count). The first-order chi connectivity index (χ1) is 9.63. The van der Waals surface area contributed by atoms with Crippen LogP contribution in [-0.4, -0.2) is 23.6 Å². The molecule has 5 nitrogen and oxygen atoms in total. The standard InChI is InChI=1S/C15H23N3O2/c1-12(2)7-16-8-14-6-15(20-17-14)10-18(3)9-13-4-5-19-11-13/h4-6,11-12,16H,7-10H2,1-3H3. The van der Waals surface area contributed by atoms with Gasteiger partial charge >= 0.3 is 0 Å². The Labute approximate surface area is 119 Å². The van der Waals surface area contributed by atoms with Gasteiger partial charge < -0.3 is 14.3 Å². The lowest BCUT2D eigenvalue weighted by Crippen LogP contribution is -2.19. The van der Waals surface area contributed by atoms with Gasteiger partial charge in [0.15, 0.2) is 5.76 Å². The van der Waals surface area contributed by atoms with E-state index in [0.717, 1.165) is 43.2 Å². The van der Waals surface area contributed by atoms with E-state index in [9.17, 15) is 0 Å². The van der Waals surface area contributed by atoms with Gasteiger partial charge in [-0.15, -0.1) is 0 Å². The van der Waals surface area contributed by atoms with E-state index in [1.54, 1.807) is 12.5 Å². The minimum atomic E-state index is 0.641.